The number of hydrogen-bond acceptors (Lipinski definition) is 3. The summed E-state index contributed by atoms with van der Waals surface area (Å²) in [5.74, 6) is 0. The molecule has 2 atom stereocenters. The lowest BCUT2D eigenvalue weighted by Gasteiger charge is -2.36. The van der Waals surface area contributed by atoms with Crippen LogP contribution < -0.4 is 0 Å². The minimum atomic E-state index is -1.74. The lowest BCUT2D eigenvalue weighted by molar-refractivity contribution is 0.000819. The highest BCUT2D eigenvalue weighted by Gasteiger charge is 2.37. The molecular weight excluding hydrogens is 268 g/mol. The number of unbranched alkanes of at least 4 members (excludes halogenated alkanes) is 3. The molecule has 0 rings (SSSR count). The van der Waals surface area contributed by atoms with Crippen molar-refractivity contribution >= 4 is 8.32 Å². The quantitative estimate of drug-likeness (QED) is 0.472. The second-order valence-corrected chi connectivity index (χ2v) is 12.2. The Labute approximate surface area is 126 Å². The van der Waals surface area contributed by atoms with E-state index in [0.29, 0.717) is 19.4 Å². The molecule has 0 amide bonds. The Morgan fingerprint density at radius 3 is 2.00 bits per heavy atom. The van der Waals surface area contributed by atoms with Crippen molar-refractivity contribution in [1.29, 1.82) is 0 Å². The van der Waals surface area contributed by atoms with E-state index >= 15 is 0 Å². The lowest BCUT2D eigenvalue weighted by Crippen LogP contribution is -2.41. The van der Waals surface area contributed by atoms with E-state index in [9.17, 15) is 10.2 Å². The van der Waals surface area contributed by atoms with Gasteiger partial charge in [0, 0.05) is 6.61 Å². The molecule has 0 unspecified atom stereocenters. The van der Waals surface area contributed by atoms with Gasteiger partial charge in [0.15, 0.2) is 8.32 Å². The first kappa shape index (κ1) is 20.1. The minimum absolute atomic E-state index is 0.191. The zero-order chi connectivity index (χ0) is 15.8. The Kier molecular flexibility index (Phi) is 9.23. The molecule has 0 saturated heterocycles. The SMILES string of the molecule is CCCCCC[C@H](O)[C@@H](O)CCO[Si](C)(C)C(C)(C)C. The Hall–Kier alpha value is 0.0969. The molecule has 0 aliphatic heterocycles. The van der Waals surface area contributed by atoms with Crippen LogP contribution in [0.15, 0.2) is 0 Å². The Balaban J connectivity index is 3.90. The normalized spacial score (nSPS) is 16.2. The van der Waals surface area contributed by atoms with E-state index in [4.69, 9.17) is 4.43 Å². The van der Waals surface area contributed by atoms with E-state index in [0.717, 1.165) is 12.8 Å². The molecule has 122 valence electrons. The topological polar surface area (TPSA) is 49.7 Å². The molecular formula is C16H36O3Si. The molecule has 4 heteroatoms. The summed E-state index contributed by atoms with van der Waals surface area (Å²) in [5.41, 5.74) is 0. The summed E-state index contributed by atoms with van der Waals surface area (Å²) in [4.78, 5) is 0. The highest BCUT2D eigenvalue weighted by molar-refractivity contribution is 6.74. The van der Waals surface area contributed by atoms with Gasteiger partial charge in [-0.2, -0.15) is 0 Å². The Bertz CT molecular complexity index is 249. The Morgan fingerprint density at radius 1 is 0.950 bits per heavy atom. The van der Waals surface area contributed by atoms with Crippen LogP contribution in [0.4, 0.5) is 0 Å². The molecule has 0 aliphatic rings. The van der Waals surface area contributed by atoms with Crippen molar-refractivity contribution in [2.24, 2.45) is 0 Å². The van der Waals surface area contributed by atoms with Crippen molar-refractivity contribution in [1.82, 2.24) is 0 Å². The average Bonchev–Trinajstić information content (AvgIpc) is 2.32. The predicted molar refractivity (Wildman–Crippen MR) is 88.5 cm³/mol. The van der Waals surface area contributed by atoms with Crippen LogP contribution in [0.5, 0.6) is 0 Å². The van der Waals surface area contributed by atoms with Gasteiger partial charge in [0.1, 0.15) is 0 Å². The van der Waals surface area contributed by atoms with Gasteiger partial charge in [-0.1, -0.05) is 53.4 Å². The maximum Gasteiger partial charge on any atom is 0.191 e. The molecule has 0 aromatic heterocycles. The molecule has 0 fully saturated rings. The fourth-order valence-corrected chi connectivity index (χ4v) is 2.88. The average molecular weight is 305 g/mol. The molecule has 0 radical (unpaired) electrons. The third-order valence-electron chi connectivity index (χ3n) is 4.48. The molecule has 0 bridgehead atoms. The summed E-state index contributed by atoms with van der Waals surface area (Å²) in [6.45, 7) is 13.8. The summed E-state index contributed by atoms with van der Waals surface area (Å²) >= 11 is 0. The van der Waals surface area contributed by atoms with Crippen LogP contribution in [0.2, 0.25) is 18.1 Å². The second-order valence-electron chi connectivity index (χ2n) is 7.38. The third kappa shape index (κ3) is 7.77. The molecule has 0 saturated carbocycles. The van der Waals surface area contributed by atoms with Crippen LogP contribution in [0.1, 0.15) is 66.2 Å². The highest BCUT2D eigenvalue weighted by atomic mass is 28.4. The predicted octanol–water partition coefficient (Wildman–Crippen LogP) is 4.09. The van der Waals surface area contributed by atoms with E-state index in [1.165, 1.54) is 12.8 Å². The zero-order valence-electron chi connectivity index (χ0n) is 14.4. The van der Waals surface area contributed by atoms with E-state index in [2.05, 4.69) is 40.8 Å². The number of hydrogen-bond donors (Lipinski definition) is 2. The first-order chi connectivity index (χ1) is 9.12. The molecule has 0 aromatic rings. The van der Waals surface area contributed by atoms with Crippen molar-refractivity contribution in [3.8, 4) is 0 Å². The summed E-state index contributed by atoms with van der Waals surface area (Å²) in [5, 5.41) is 20.1. The van der Waals surface area contributed by atoms with Crippen LogP contribution in [0.25, 0.3) is 0 Å². The Morgan fingerprint density at radius 2 is 1.50 bits per heavy atom. The van der Waals surface area contributed by atoms with Gasteiger partial charge in [-0.15, -0.1) is 0 Å². The van der Waals surface area contributed by atoms with Crippen LogP contribution in [0.3, 0.4) is 0 Å². The van der Waals surface area contributed by atoms with Crippen LogP contribution in [-0.4, -0.2) is 37.3 Å². The molecule has 0 aliphatic carbocycles. The van der Waals surface area contributed by atoms with Crippen LogP contribution in [-0.2, 0) is 4.43 Å². The molecule has 20 heavy (non-hydrogen) atoms. The van der Waals surface area contributed by atoms with Gasteiger partial charge in [0.25, 0.3) is 0 Å². The summed E-state index contributed by atoms with van der Waals surface area (Å²) in [6.07, 6.45) is 4.51. The minimum Gasteiger partial charge on any atom is -0.417 e. The smallest absolute Gasteiger partial charge is 0.191 e. The van der Waals surface area contributed by atoms with Gasteiger partial charge >= 0.3 is 0 Å². The number of aliphatic hydroxyl groups excluding tert-OH is 2. The van der Waals surface area contributed by atoms with E-state index in [1.807, 2.05) is 0 Å². The largest absolute Gasteiger partial charge is 0.417 e. The molecule has 3 nitrogen and oxygen atoms in total. The van der Waals surface area contributed by atoms with E-state index < -0.39 is 20.5 Å². The van der Waals surface area contributed by atoms with Crippen molar-refractivity contribution in [3.05, 3.63) is 0 Å². The van der Waals surface area contributed by atoms with Crippen molar-refractivity contribution < 1.29 is 14.6 Å². The van der Waals surface area contributed by atoms with Gasteiger partial charge in [0.2, 0.25) is 0 Å². The van der Waals surface area contributed by atoms with Gasteiger partial charge in [-0.25, -0.2) is 0 Å². The third-order valence-corrected chi connectivity index (χ3v) is 9.02. The zero-order valence-corrected chi connectivity index (χ0v) is 15.4. The first-order valence-corrected chi connectivity index (χ1v) is 11.0. The summed E-state index contributed by atoms with van der Waals surface area (Å²) < 4.78 is 6.03. The highest BCUT2D eigenvalue weighted by Crippen LogP contribution is 2.36. The van der Waals surface area contributed by atoms with Crippen LogP contribution >= 0.6 is 0 Å². The second kappa shape index (κ2) is 9.18. The van der Waals surface area contributed by atoms with E-state index in [1.54, 1.807) is 0 Å². The molecule has 0 aromatic carbocycles. The van der Waals surface area contributed by atoms with Crippen molar-refractivity contribution in [2.75, 3.05) is 6.61 Å². The standard InChI is InChI=1S/C16H36O3Si/c1-7-8-9-10-11-14(17)15(18)12-13-19-20(5,6)16(2,3)4/h14-15,17-18H,7-13H2,1-6H3/t14-,15-/m0/s1. The molecule has 0 spiro atoms. The molecule has 0 heterocycles. The fraction of sp³-hybridized carbons (Fsp3) is 1.00. The monoisotopic (exact) mass is 304 g/mol. The van der Waals surface area contributed by atoms with Crippen molar-refractivity contribution in [3.63, 3.8) is 0 Å². The van der Waals surface area contributed by atoms with Gasteiger partial charge in [0.05, 0.1) is 12.2 Å². The number of aliphatic hydroxyl groups is 2. The summed E-state index contributed by atoms with van der Waals surface area (Å²) in [7, 11) is -1.74. The number of rotatable bonds is 10. The van der Waals surface area contributed by atoms with Gasteiger partial charge < -0.3 is 14.6 Å². The van der Waals surface area contributed by atoms with E-state index in [-0.39, 0.29) is 5.04 Å². The lowest BCUT2D eigenvalue weighted by atomic mass is 10.0. The first-order valence-electron chi connectivity index (χ1n) is 8.12. The van der Waals surface area contributed by atoms with Gasteiger partial charge in [-0.3, -0.25) is 0 Å². The maximum atomic E-state index is 9.96. The van der Waals surface area contributed by atoms with Crippen LogP contribution in [0, 0.1) is 0 Å². The maximum absolute atomic E-state index is 9.96. The molecule has 2 N–H and O–H groups in total. The van der Waals surface area contributed by atoms with Gasteiger partial charge in [-0.05, 0) is 31.0 Å². The fourth-order valence-electron chi connectivity index (χ4n) is 1.82. The summed E-state index contributed by atoms with van der Waals surface area (Å²) in [6, 6.07) is 0. The van der Waals surface area contributed by atoms with Crippen molar-refractivity contribution in [2.45, 2.75) is 96.6 Å².